The first-order valence-corrected chi connectivity index (χ1v) is 4.58. The van der Waals surface area contributed by atoms with Gasteiger partial charge in [-0.15, -0.1) is 0 Å². The molecule has 0 aromatic heterocycles. The largest absolute Gasteiger partial charge is 0.444 e. The fraction of sp³-hybridized carbons (Fsp3) is 0.889. The predicted octanol–water partition coefficient (Wildman–Crippen LogP) is 2.31. The van der Waals surface area contributed by atoms with Gasteiger partial charge in [0.15, 0.2) is 0 Å². The average molecular weight is 207 g/mol. The number of hydrogen-bond acceptors (Lipinski definition) is 2. The highest BCUT2D eigenvalue weighted by molar-refractivity contribution is 5.68. The summed E-state index contributed by atoms with van der Waals surface area (Å²) in [5, 5.41) is 2.15. The Hall–Kier alpha value is -0.870. The Kier molecular flexibility index (Phi) is 2.69. The molecular formula is C9H15F2NO2. The van der Waals surface area contributed by atoms with Crippen molar-refractivity contribution in [2.75, 3.05) is 0 Å². The van der Waals surface area contributed by atoms with Crippen molar-refractivity contribution in [3.63, 3.8) is 0 Å². The van der Waals surface area contributed by atoms with Crippen molar-refractivity contribution < 1.29 is 18.3 Å². The number of carbonyl (C=O) groups is 1. The quantitative estimate of drug-likeness (QED) is 0.716. The van der Waals surface area contributed by atoms with Gasteiger partial charge in [-0.2, -0.15) is 0 Å². The Morgan fingerprint density at radius 3 is 2.36 bits per heavy atom. The Bertz CT molecular complexity index is 235. The summed E-state index contributed by atoms with van der Waals surface area (Å²) in [6.45, 7) is 5.06. The van der Waals surface area contributed by atoms with E-state index in [4.69, 9.17) is 4.74 Å². The van der Waals surface area contributed by atoms with Crippen LogP contribution in [0.1, 0.15) is 33.6 Å². The van der Waals surface area contributed by atoms with Crippen molar-refractivity contribution in [2.24, 2.45) is 0 Å². The van der Waals surface area contributed by atoms with Crippen molar-refractivity contribution in [2.45, 2.75) is 51.2 Å². The highest BCUT2D eigenvalue weighted by atomic mass is 19.3. The van der Waals surface area contributed by atoms with E-state index in [2.05, 4.69) is 5.32 Å². The number of amides is 1. The number of nitrogens with one attached hydrogen (secondary N) is 1. The Labute approximate surface area is 81.8 Å². The van der Waals surface area contributed by atoms with E-state index >= 15 is 0 Å². The lowest BCUT2D eigenvalue weighted by Gasteiger charge is -2.36. The number of rotatable bonds is 1. The molecule has 1 aliphatic rings. The number of ether oxygens (including phenoxy) is 1. The fourth-order valence-electron chi connectivity index (χ4n) is 1.13. The second-order valence-electron chi connectivity index (χ2n) is 4.50. The topological polar surface area (TPSA) is 38.3 Å². The minimum Gasteiger partial charge on any atom is -0.444 e. The molecule has 1 N–H and O–H groups in total. The molecule has 0 spiro atoms. The van der Waals surface area contributed by atoms with Gasteiger partial charge in [0.2, 0.25) is 0 Å². The zero-order valence-electron chi connectivity index (χ0n) is 8.56. The van der Waals surface area contributed by atoms with Crippen molar-refractivity contribution in [1.82, 2.24) is 5.32 Å². The normalized spacial score (nSPS) is 25.1. The summed E-state index contributed by atoms with van der Waals surface area (Å²) in [5.41, 5.74) is -0.650. The second kappa shape index (κ2) is 3.37. The highest BCUT2D eigenvalue weighted by Gasteiger charge is 2.49. The van der Waals surface area contributed by atoms with Gasteiger partial charge < -0.3 is 10.1 Å². The van der Waals surface area contributed by atoms with Gasteiger partial charge in [0.1, 0.15) is 5.60 Å². The van der Waals surface area contributed by atoms with E-state index in [1.54, 1.807) is 20.8 Å². The monoisotopic (exact) mass is 207 g/mol. The van der Waals surface area contributed by atoms with Crippen LogP contribution >= 0.6 is 0 Å². The van der Waals surface area contributed by atoms with Crippen molar-refractivity contribution in [3.8, 4) is 0 Å². The van der Waals surface area contributed by atoms with Crippen LogP contribution in [0, 0.1) is 0 Å². The maximum absolute atomic E-state index is 12.7. The highest BCUT2D eigenvalue weighted by Crippen LogP contribution is 2.37. The average Bonchev–Trinajstić information content (AvgIpc) is 1.95. The molecule has 82 valence electrons. The minimum absolute atomic E-state index is 0.159. The number of hydrogen-bond donors (Lipinski definition) is 1. The molecule has 0 aliphatic heterocycles. The molecule has 0 bridgehead atoms. The number of alkyl halides is 2. The third-order valence-corrected chi connectivity index (χ3v) is 1.97. The van der Waals surface area contributed by atoms with Crippen LogP contribution in [0.3, 0.4) is 0 Å². The number of carbonyl (C=O) groups excluding carboxylic acids is 1. The van der Waals surface area contributed by atoms with Gasteiger partial charge in [-0.05, 0) is 27.2 Å². The van der Waals surface area contributed by atoms with Gasteiger partial charge in [-0.1, -0.05) is 0 Å². The molecule has 0 aromatic carbocycles. The van der Waals surface area contributed by atoms with E-state index in [1.807, 2.05) is 0 Å². The molecule has 1 rings (SSSR count). The lowest BCUT2D eigenvalue weighted by Crippen LogP contribution is -2.55. The van der Waals surface area contributed by atoms with Crippen LogP contribution in [0.4, 0.5) is 13.6 Å². The van der Waals surface area contributed by atoms with Crippen LogP contribution in [-0.4, -0.2) is 23.7 Å². The van der Waals surface area contributed by atoms with Gasteiger partial charge in [-0.25, -0.2) is 13.6 Å². The Balaban J connectivity index is 2.35. The summed E-state index contributed by atoms with van der Waals surface area (Å²) in [6.07, 6.45) is -0.624. The first-order chi connectivity index (χ1) is 6.21. The molecular weight excluding hydrogens is 192 g/mol. The molecule has 1 fully saturated rings. The number of alkyl carbamates (subject to hydrolysis) is 1. The van der Waals surface area contributed by atoms with E-state index in [9.17, 15) is 13.6 Å². The van der Waals surface area contributed by atoms with Gasteiger partial charge >= 0.3 is 6.09 Å². The molecule has 3 nitrogen and oxygen atoms in total. The van der Waals surface area contributed by atoms with Crippen molar-refractivity contribution in [3.05, 3.63) is 0 Å². The summed E-state index contributed by atoms with van der Waals surface area (Å²) in [5.74, 6) is -2.77. The summed E-state index contributed by atoms with van der Waals surface area (Å²) in [7, 11) is 0. The lowest BCUT2D eigenvalue weighted by atomic mass is 9.88. The van der Waals surface area contributed by atoms with Crippen molar-refractivity contribution in [1.29, 1.82) is 0 Å². The summed E-state index contributed by atoms with van der Waals surface area (Å²) in [6, 6.07) is -1.06. The van der Waals surface area contributed by atoms with Gasteiger partial charge in [0.05, 0.1) is 6.04 Å². The van der Waals surface area contributed by atoms with Gasteiger partial charge in [-0.3, -0.25) is 0 Å². The first-order valence-electron chi connectivity index (χ1n) is 4.58. The minimum atomic E-state index is -2.77. The Morgan fingerprint density at radius 2 is 2.07 bits per heavy atom. The summed E-state index contributed by atoms with van der Waals surface area (Å²) < 4.78 is 30.3. The maximum Gasteiger partial charge on any atom is 0.408 e. The van der Waals surface area contributed by atoms with E-state index in [0.29, 0.717) is 6.42 Å². The van der Waals surface area contributed by atoms with E-state index in [1.165, 1.54) is 0 Å². The molecule has 0 radical (unpaired) electrons. The summed E-state index contributed by atoms with van der Waals surface area (Å²) in [4.78, 5) is 11.1. The first kappa shape index (κ1) is 11.2. The molecule has 5 heteroatoms. The smallest absolute Gasteiger partial charge is 0.408 e. The molecule has 1 atom stereocenters. The molecule has 0 heterocycles. The molecule has 1 aliphatic carbocycles. The predicted molar refractivity (Wildman–Crippen MR) is 47.3 cm³/mol. The van der Waals surface area contributed by atoms with Crippen LogP contribution in [0.2, 0.25) is 0 Å². The van der Waals surface area contributed by atoms with Crippen LogP contribution in [0.15, 0.2) is 0 Å². The van der Waals surface area contributed by atoms with Crippen molar-refractivity contribution >= 4 is 6.09 Å². The molecule has 1 amide bonds. The molecule has 1 saturated carbocycles. The molecule has 0 aromatic rings. The fourth-order valence-corrected chi connectivity index (χ4v) is 1.13. The zero-order chi connectivity index (χ0) is 11.0. The van der Waals surface area contributed by atoms with Gasteiger partial charge in [0.25, 0.3) is 5.92 Å². The van der Waals surface area contributed by atoms with Gasteiger partial charge in [0, 0.05) is 6.42 Å². The lowest BCUT2D eigenvalue weighted by molar-refractivity contribution is -0.105. The van der Waals surface area contributed by atoms with Crippen LogP contribution < -0.4 is 5.32 Å². The maximum atomic E-state index is 12.7. The molecule has 1 unspecified atom stereocenters. The van der Waals surface area contributed by atoms with E-state index in [-0.39, 0.29) is 6.42 Å². The third kappa shape index (κ3) is 2.82. The SMILES string of the molecule is CC(C)(C)OC(=O)NC1CCC1(F)F. The Morgan fingerprint density at radius 1 is 1.50 bits per heavy atom. The standard InChI is InChI=1S/C9H15F2NO2/c1-8(2,3)14-7(13)12-6-4-5-9(6,10)11/h6H,4-5H2,1-3H3,(H,12,13). The van der Waals surface area contributed by atoms with E-state index < -0.39 is 23.7 Å². The van der Waals surface area contributed by atoms with Crippen LogP contribution in [-0.2, 0) is 4.74 Å². The molecule has 0 saturated heterocycles. The molecule has 14 heavy (non-hydrogen) atoms. The van der Waals surface area contributed by atoms with E-state index in [0.717, 1.165) is 0 Å². The summed E-state index contributed by atoms with van der Waals surface area (Å²) >= 11 is 0. The number of halogens is 2. The van der Waals surface area contributed by atoms with Crippen LogP contribution in [0.5, 0.6) is 0 Å². The van der Waals surface area contributed by atoms with Crippen LogP contribution in [0.25, 0.3) is 0 Å². The second-order valence-corrected chi connectivity index (χ2v) is 4.50. The zero-order valence-corrected chi connectivity index (χ0v) is 8.56. The third-order valence-electron chi connectivity index (χ3n) is 1.97.